The van der Waals surface area contributed by atoms with E-state index < -0.39 is 0 Å². The van der Waals surface area contributed by atoms with E-state index in [-0.39, 0.29) is 23.7 Å². The van der Waals surface area contributed by atoms with Crippen molar-refractivity contribution in [2.75, 3.05) is 0 Å². The van der Waals surface area contributed by atoms with Gasteiger partial charge in [0.2, 0.25) is 0 Å². The number of allylic oxidation sites excluding steroid dienone is 2. The van der Waals surface area contributed by atoms with E-state index in [1.54, 1.807) is 5.57 Å². The molecule has 0 bridgehead atoms. The first kappa shape index (κ1) is 22.0. The molecule has 0 spiro atoms. The fourth-order valence-corrected chi connectivity index (χ4v) is 6.06. The molecule has 2 aromatic rings. The van der Waals surface area contributed by atoms with Gasteiger partial charge < -0.3 is 9.31 Å². The molecule has 0 radical (unpaired) electrons. The number of hydrogen-bond acceptors (Lipinski definition) is 2. The maximum Gasteiger partial charge on any atom is 0.494 e. The van der Waals surface area contributed by atoms with Gasteiger partial charge in [-0.2, -0.15) is 0 Å². The summed E-state index contributed by atoms with van der Waals surface area (Å²) in [6.45, 7) is 15.7. The monoisotopic (exact) mass is 428 g/mol. The Balaban J connectivity index is 1.64. The van der Waals surface area contributed by atoms with Gasteiger partial charge in [0, 0.05) is 5.41 Å². The Morgan fingerprint density at radius 1 is 0.906 bits per heavy atom. The van der Waals surface area contributed by atoms with Gasteiger partial charge in [-0.1, -0.05) is 74.4 Å². The van der Waals surface area contributed by atoms with Crippen LogP contribution in [0.4, 0.5) is 0 Å². The Morgan fingerprint density at radius 2 is 1.56 bits per heavy atom. The molecule has 2 nitrogen and oxygen atoms in total. The Bertz CT molecular complexity index is 1070. The summed E-state index contributed by atoms with van der Waals surface area (Å²) in [6, 6.07) is 15.9. The van der Waals surface area contributed by atoms with E-state index in [0.717, 1.165) is 11.4 Å². The molecule has 32 heavy (non-hydrogen) atoms. The van der Waals surface area contributed by atoms with Gasteiger partial charge in [-0.25, -0.2) is 0 Å². The minimum atomic E-state index is -0.335. The lowest BCUT2D eigenvalue weighted by atomic mass is 9.65. The van der Waals surface area contributed by atoms with E-state index in [1.165, 1.54) is 41.5 Å². The Hall–Kier alpha value is -1.84. The first-order chi connectivity index (χ1) is 15.1. The van der Waals surface area contributed by atoms with Crippen molar-refractivity contribution in [2.24, 2.45) is 11.8 Å². The van der Waals surface area contributed by atoms with Crippen LogP contribution in [0.5, 0.6) is 0 Å². The fourth-order valence-electron chi connectivity index (χ4n) is 6.06. The summed E-state index contributed by atoms with van der Waals surface area (Å²) in [6.07, 6.45) is 6.31. The summed E-state index contributed by atoms with van der Waals surface area (Å²) in [5.41, 5.74) is 7.51. The van der Waals surface area contributed by atoms with Crippen LogP contribution in [0.1, 0.15) is 78.9 Å². The van der Waals surface area contributed by atoms with Gasteiger partial charge in [0.15, 0.2) is 0 Å². The lowest BCUT2D eigenvalue weighted by molar-refractivity contribution is 0.00578. The van der Waals surface area contributed by atoms with Crippen LogP contribution in [-0.4, -0.2) is 18.3 Å². The predicted molar refractivity (Wildman–Crippen MR) is 134 cm³/mol. The zero-order valence-electron chi connectivity index (χ0n) is 20.8. The van der Waals surface area contributed by atoms with Crippen molar-refractivity contribution in [2.45, 2.75) is 84.3 Å². The standard InChI is InChI=1S/C29H37BO2/c1-8-20-15-19(2)16-21(17-20)29(7)25-12-10-9-11-23(25)24-14-13-22(18-26(24)29)30-31-27(3,4)28(5,6)32-30/h9-14,16,18-20H,8,15,17H2,1-7H3. The molecule has 168 valence electrons. The molecule has 0 N–H and O–H groups in total. The van der Waals surface area contributed by atoms with Gasteiger partial charge in [-0.05, 0) is 87.0 Å². The van der Waals surface area contributed by atoms with E-state index in [9.17, 15) is 0 Å². The number of hydrogen-bond donors (Lipinski definition) is 0. The first-order valence-electron chi connectivity index (χ1n) is 12.4. The highest BCUT2D eigenvalue weighted by molar-refractivity contribution is 6.62. The minimum absolute atomic E-state index is 0.103. The SMILES string of the molecule is CCC1CC(C2(C)c3ccccc3-c3ccc(B4OC(C)(C)C(C)(C)O4)cc32)=CC(C)C1. The first-order valence-corrected chi connectivity index (χ1v) is 12.4. The van der Waals surface area contributed by atoms with E-state index in [4.69, 9.17) is 9.31 Å². The molecule has 3 atom stereocenters. The normalized spacial score (nSPS) is 30.1. The van der Waals surface area contributed by atoms with Crippen molar-refractivity contribution in [1.82, 2.24) is 0 Å². The molecular weight excluding hydrogens is 391 g/mol. The van der Waals surface area contributed by atoms with Gasteiger partial charge in [0.1, 0.15) is 0 Å². The lowest BCUT2D eigenvalue weighted by Gasteiger charge is -2.37. The molecule has 3 aliphatic rings. The van der Waals surface area contributed by atoms with Gasteiger partial charge in [0.05, 0.1) is 11.2 Å². The zero-order valence-corrected chi connectivity index (χ0v) is 20.8. The maximum absolute atomic E-state index is 6.42. The molecular formula is C29H37BO2. The molecule has 1 fully saturated rings. The van der Waals surface area contributed by atoms with Crippen LogP contribution in [0.3, 0.4) is 0 Å². The quantitative estimate of drug-likeness (QED) is 0.402. The van der Waals surface area contributed by atoms with E-state index in [1.807, 2.05) is 0 Å². The maximum atomic E-state index is 6.42. The van der Waals surface area contributed by atoms with Crippen molar-refractivity contribution >= 4 is 12.6 Å². The third-order valence-corrected chi connectivity index (χ3v) is 8.78. The number of fused-ring (bicyclic) bond motifs is 3. The van der Waals surface area contributed by atoms with Crippen molar-refractivity contribution in [3.05, 3.63) is 65.2 Å². The Kier molecular flexibility index (Phi) is 5.04. The summed E-state index contributed by atoms with van der Waals surface area (Å²) in [5.74, 6) is 1.40. The van der Waals surface area contributed by atoms with Crippen LogP contribution < -0.4 is 5.46 Å². The van der Waals surface area contributed by atoms with E-state index >= 15 is 0 Å². The van der Waals surface area contributed by atoms with Gasteiger partial charge in [0.25, 0.3) is 0 Å². The molecule has 1 aliphatic heterocycles. The van der Waals surface area contributed by atoms with Crippen LogP contribution in [0.25, 0.3) is 11.1 Å². The van der Waals surface area contributed by atoms with Crippen molar-refractivity contribution in [1.29, 1.82) is 0 Å². The second-order valence-corrected chi connectivity index (χ2v) is 11.4. The van der Waals surface area contributed by atoms with Crippen LogP contribution in [0.15, 0.2) is 54.1 Å². The average Bonchev–Trinajstić information content (AvgIpc) is 3.14. The van der Waals surface area contributed by atoms with Crippen LogP contribution in [0.2, 0.25) is 0 Å². The molecule has 5 rings (SSSR count). The average molecular weight is 428 g/mol. The second kappa shape index (κ2) is 7.33. The molecule has 0 saturated carbocycles. The van der Waals surface area contributed by atoms with Gasteiger partial charge in [-0.3, -0.25) is 0 Å². The third-order valence-electron chi connectivity index (χ3n) is 8.78. The summed E-state index contributed by atoms with van der Waals surface area (Å²) in [7, 11) is -0.332. The van der Waals surface area contributed by atoms with Crippen LogP contribution in [-0.2, 0) is 14.7 Å². The van der Waals surface area contributed by atoms with E-state index in [0.29, 0.717) is 5.92 Å². The number of benzene rings is 2. The predicted octanol–water partition coefficient (Wildman–Crippen LogP) is 6.65. The second-order valence-electron chi connectivity index (χ2n) is 11.4. The Labute approximate surface area is 194 Å². The fraction of sp³-hybridized carbons (Fsp3) is 0.517. The third kappa shape index (κ3) is 3.15. The summed E-state index contributed by atoms with van der Waals surface area (Å²) in [5, 5.41) is 0. The zero-order chi connectivity index (χ0) is 22.9. The summed E-state index contributed by atoms with van der Waals surface area (Å²) >= 11 is 0. The van der Waals surface area contributed by atoms with Crippen molar-refractivity contribution < 1.29 is 9.31 Å². The van der Waals surface area contributed by atoms with E-state index in [2.05, 4.69) is 97.0 Å². The Morgan fingerprint density at radius 3 is 2.25 bits per heavy atom. The van der Waals surface area contributed by atoms with Gasteiger partial charge >= 0.3 is 7.12 Å². The molecule has 3 unspecified atom stereocenters. The van der Waals surface area contributed by atoms with Gasteiger partial charge in [-0.15, -0.1) is 0 Å². The summed E-state index contributed by atoms with van der Waals surface area (Å²) < 4.78 is 12.8. The number of rotatable bonds is 3. The topological polar surface area (TPSA) is 18.5 Å². The minimum Gasteiger partial charge on any atom is -0.399 e. The molecule has 2 aliphatic carbocycles. The van der Waals surface area contributed by atoms with Crippen molar-refractivity contribution in [3.63, 3.8) is 0 Å². The smallest absolute Gasteiger partial charge is 0.399 e. The molecule has 3 heteroatoms. The highest BCUT2D eigenvalue weighted by atomic mass is 16.7. The molecule has 2 aromatic carbocycles. The van der Waals surface area contributed by atoms with Crippen LogP contribution in [0, 0.1) is 11.8 Å². The van der Waals surface area contributed by atoms with Crippen LogP contribution >= 0.6 is 0 Å². The molecule has 1 saturated heterocycles. The highest BCUT2D eigenvalue weighted by Gasteiger charge is 2.52. The summed E-state index contributed by atoms with van der Waals surface area (Å²) in [4.78, 5) is 0. The molecule has 0 aromatic heterocycles. The molecule has 1 heterocycles. The molecule has 0 amide bonds. The van der Waals surface area contributed by atoms with Crippen molar-refractivity contribution in [3.8, 4) is 11.1 Å². The largest absolute Gasteiger partial charge is 0.494 e. The highest BCUT2D eigenvalue weighted by Crippen LogP contribution is 2.55. The lowest BCUT2D eigenvalue weighted by Crippen LogP contribution is -2.41.